The minimum atomic E-state index is -3.52. The van der Waals surface area contributed by atoms with Crippen molar-refractivity contribution in [1.82, 2.24) is 4.31 Å². The molecule has 0 aliphatic heterocycles. The van der Waals surface area contributed by atoms with E-state index in [9.17, 15) is 8.42 Å². The molecule has 0 amide bonds. The van der Waals surface area contributed by atoms with Gasteiger partial charge in [-0.2, -0.15) is 4.31 Å². The van der Waals surface area contributed by atoms with Crippen molar-refractivity contribution in [2.75, 3.05) is 7.05 Å². The molecule has 114 valence electrons. The van der Waals surface area contributed by atoms with Gasteiger partial charge in [-0.15, -0.1) is 11.3 Å². The van der Waals surface area contributed by atoms with Gasteiger partial charge in [-0.3, -0.25) is 0 Å². The van der Waals surface area contributed by atoms with Crippen molar-refractivity contribution < 1.29 is 8.42 Å². The highest BCUT2D eigenvalue weighted by Crippen LogP contribution is 2.29. The molecule has 6 heteroatoms. The van der Waals surface area contributed by atoms with Crippen molar-refractivity contribution in [2.24, 2.45) is 5.73 Å². The summed E-state index contributed by atoms with van der Waals surface area (Å²) >= 11 is 1.40. The second-order valence-corrected chi connectivity index (χ2v) is 8.07. The summed E-state index contributed by atoms with van der Waals surface area (Å²) in [4.78, 5) is 1.08. The predicted octanol–water partition coefficient (Wildman–Crippen LogP) is 2.64. The first-order chi connectivity index (χ1) is 9.86. The predicted molar refractivity (Wildman–Crippen MR) is 86.8 cm³/mol. The molecule has 2 rings (SSSR count). The zero-order chi connectivity index (χ0) is 15.6. The number of hydrogen-bond acceptors (Lipinski definition) is 4. The van der Waals surface area contributed by atoms with Crippen molar-refractivity contribution in [1.29, 1.82) is 0 Å². The van der Waals surface area contributed by atoms with Crippen molar-refractivity contribution in [3.8, 4) is 0 Å². The van der Waals surface area contributed by atoms with Crippen LogP contribution in [-0.2, 0) is 23.1 Å². The highest BCUT2D eigenvalue weighted by Gasteiger charge is 2.27. The van der Waals surface area contributed by atoms with Gasteiger partial charge in [-0.25, -0.2) is 8.42 Å². The van der Waals surface area contributed by atoms with Crippen molar-refractivity contribution in [3.05, 3.63) is 51.2 Å². The van der Waals surface area contributed by atoms with E-state index in [0.717, 1.165) is 16.7 Å². The highest BCUT2D eigenvalue weighted by molar-refractivity contribution is 7.89. The van der Waals surface area contributed by atoms with Gasteiger partial charge in [-0.05, 0) is 30.4 Å². The summed E-state index contributed by atoms with van der Waals surface area (Å²) in [6.07, 6.45) is 0. The second kappa shape index (κ2) is 6.27. The van der Waals surface area contributed by atoms with E-state index in [1.54, 1.807) is 7.05 Å². The van der Waals surface area contributed by atoms with Gasteiger partial charge in [0.15, 0.2) is 0 Å². The van der Waals surface area contributed by atoms with Gasteiger partial charge in [0.25, 0.3) is 0 Å². The number of sulfonamides is 1. The minimum Gasteiger partial charge on any atom is -0.326 e. The molecule has 0 bridgehead atoms. The van der Waals surface area contributed by atoms with Crippen molar-refractivity contribution >= 4 is 21.4 Å². The topological polar surface area (TPSA) is 63.4 Å². The van der Waals surface area contributed by atoms with E-state index in [2.05, 4.69) is 0 Å². The first-order valence-corrected chi connectivity index (χ1v) is 8.97. The minimum absolute atomic E-state index is 0.241. The zero-order valence-corrected chi connectivity index (χ0v) is 14.1. The van der Waals surface area contributed by atoms with E-state index in [1.807, 2.05) is 43.5 Å². The van der Waals surface area contributed by atoms with Crippen LogP contribution in [0.4, 0.5) is 0 Å². The number of nitrogens with zero attached hydrogens (tertiary/aromatic N) is 1. The maximum absolute atomic E-state index is 12.8. The van der Waals surface area contributed by atoms with Crippen LogP contribution in [0.2, 0.25) is 0 Å². The number of nitrogens with two attached hydrogens (primary N) is 1. The van der Waals surface area contributed by atoms with Crippen LogP contribution >= 0.6 is 11.3 Å². The number of benzene rings is 1. The van der Waals surface area contributed by atoms with Gasteiger partial charge in [0.2, 0.25) is 10.0 Å². The van der Waals surface area contributed by atoms with Crippen molar-refractivity contribution in [3.63, 3.8) is 0 Å². The lowest BCUT2D eigenvalue weighted by atomic mass is 10.1. The summed E-state index contributed by atoms with van der Waals surface area (Å²) in [6, 6.07) is 7.86. The van der Waals surface area contributed by atoms with Crippen molar-refractivity contribution in [2.45, 2.75) is 31.8 Å². The van der Waals surface area contributed by atoms with Gasteiger partial charge in [0.1, 0.15) is 4.90 Å². The molecule has 0 spiro atoms. The number of thiophene rings is 1. The van der Waals surface area contributed by atoms with Crippen LogP contribution < -0.4 is 5.73 Å². The Morgan fingerprint density at radius 1 is 1.29 bits per heavy atom. The molecule has 0 unspecified atom stereocenters. The smallest absolute Gasteiger partial charge is 0.244 e. The molecular formula is C15H20N2O2S2. The summed E-state index contributed by atoms with van der Waals surface area (Å²) in [5, 5.41) is 1.84. The molecule has 2 aromatic rings. The maximum Gasteiger partial charge on any atom is 0.244 e. The van der Waals surface area contributed by atoms with E-state index in [-0.39, 0.29) is 6.54 Å². The van der Waals surface area contributed by atoms with Crippen LogP contribution in [0, 0.1) is 13.8 Å². The third-order valence-corrected chi connectivity index (χ3v) is 6.62. The summed E-state index contributed by atoms with van der Waals surface area (Å²) in [6.45, 7) is 4.39. The summed E-state index contributed by atoms with van der Waals surface area (Å²) < 4.78 is 26.9. The molecular weight excluding hydrogens is 304 g/mol. The lowest BCUT2D eigenvalue weighted by Crippen LogP contribution is -2.27. The molecule has 0 aliphatic rings. The Labute approximate surface area is 130 Å². The molecule has 0 saturated heterocycles. The fourth-order valence-corrected chi connectivity index (χ4v) is 5.09. The van der Waals surface area contributed by atoms with Crippen LogP contribution in [-0.4, -0.2) is 19.8 Å². The Hall–Kier alpha value is -1.21. The van der Waals surface area contributed by atoms with E-state index in [1.165, 1.54) is 15.6 Å². The Morgan fingerprint density at radius 2 is 2.00 bits per heavy atom. The Morgan fingerprint density at radius 3 is 2.62 bits per heavy atom. The largest absolute Gasteiger partial charge is 0.326 e. The van der Waals surface area contributed by atoms with Gasteiger partial charge < -0.3 is 5.73 Å². The third-order valence-electron chi connectivity index (χ3n) is 3.33. The number of rotatable bonds is 5. The van der Waals surface area contributed by atoms with Gasteiger partial charge in [0.05, 0.1) is 0 Å². The number of aryl methyl sites for hydroxylation is 2. The normalized spacial score (nSPS) is 12.0. The van der Waals surface area contributed by atoms with Gasteiger partial charge in [-0.1, -0.05) is 29.8 Å². The van der Waals surface area contributed by atoms with Crippen LogP contribution in [0.3, 0.4) is 0 Å². The lowest BCUT2D eigenvalue weighted by Gasteiger charge is -2.18. The van der Waals surface area contributed by atoms with Crippen LogP contribution in [0.25, 0.3) is 0 Å². The quantitative estimate of drug-likeness (QED) is 0.919. The van der Waals surface area contributed by atoms with E-state index in [4.69, 9.17) is 5.73 Å². The molecule has 0 fully saturated rings. The molecule has 0 atom stereocenters. The molecule has 4 nitrogen and oxygen atoms in total. The summed E-state index contributed by atoms with van der Waals surface area (Å²) in [7, 11) is -1.91. The fraction of sp³-hybridized carbons (Fsp3) is 0.333. The molecule has 1 heterocycles. The molecule has 1 aromatic heterocycles. The molecule has 21 heavy (non-hydrogen) atoms. The fourth-order valence-electron chi connectivity index (χ4n) is 2.28. The molecule has 2 N–H and O–H groups in total. The van der Waals surface area contributed by atoms with Crippen LogP contribution in [0.1, 0.15) is 21.6 Å². The first kappa shape index (κ1) is 16.2. The summed E-state index contributed by atoms with van der Waals surface area (Å²) in [5.41, 5.74) is 8.51. The van der Waals surface area contributed by atoms with Gasteiger partial charge in [0, 0.05) is 25.0 Å². The Bertz CT molecular complexity index is 736. The summed E-state index contributed by atoms with van der Waals surface area (Å²) in [5.74, 6) is 0. The lowest BCUT2D eigenvalue weighted by molar-refractivity contribution is 0.466. The van der Waals surface area contributed by atoms with Crippen LogP contribution in [0.15, 0.2) is 34.5 Å². The zero-order valence-electron chi connectivity index (χ0n) is 12.5. The standard InChI is InChI=1S/C15H20N2O2S2/c1-11-5-4-6-13(7-11)9-17(3)21(18,19)15-12(2)10-20-14(15)8-16/h4-7,10H,8-9,16H2,1-3H3. The monoisotopic (exact) mass is 324 g/mol. The Kier molecular flexibility index (Phi) is 4.83. The molecule has 0 aliphatic carbocycles. The average molecular weight is 324 g/mol. The Balaban J connectivity index is 2.33. The number of hydrogen-bond donors (Lipinski definition) is 1. The maximum atomic E-state index is 12.8. The van der Waals surface area contributed by atoms with E-state index < -0.39 is 10.0 Å². The van der Waals surface area contributed by atoms with Gasteiger partial charge >= 0.3 is 0 Å². The SMILES string of the molecule is Cc1cccc(CN(C)S(=O)(=O)c2c(C)csc2CN)c1. The average Bonchev–Trinajstić information content (AvgIpc) is 2.80. The molecule has 0 radical (unpaired) electrons. The van der Waals surface area contributed by atoms with E-state index in [0.29, 0.717) is 16.3 Å². The third kappa shape index (κ3) is 3.35. The van der Waals surface area contributed by atoms with E-state index >= 15 is 0 Å². The molecule has 1 aromatic carbocycles. The second-order valence-electron chi connectivity index (χ2n) is 5.13. The highest BCUT2D eigenvalue weighted by atomic mass is 32.2. The van der Waals surface area contributed by atoms with Crippen LogP contribution in [0.5, 0.6) is 0 Å². The molecule has 0 saturated carbocycles. The first-order valence-electron chi connectivity index (χ1n) is 6.65.